The van der Waals surface area contributed by atoms with Gasteiger partial charge in [0.15, 0.2) is 0 Å². The Morgan fingerprint density at radius 2 is 1.61 bits per heavy atom. The highest BCUT2D eigenvalue weighted by Crippen LogP contribution is 2.39. The van der Waals surface area contributed by atoms with Crippen LogP contribution in [0.1, 0.15) is 69.8 Å². The monoisotopic (exact) mass is 411 g/mol. The van der Waals surface area contributed by atoms with Gasteiger partial charge in [0.1, 0.15) is 0 Å². The molecule has 2 rings (SSSR count). The van der Waals surface area contributed by atoms with E-state index in [2.05, 4.69) is 34.9 Å². The van der Waals surface area contributed by atoms with Crippen molar-refractivity contribution in [3.63, 3.8) is 0 Å². The SMILES string of the molecule is O=C(CCCCCCCCCCc1ccccc1)N1CCC(OP(=O)(O)O)C1. The van der Waals surface area contributed by atoms with Crippen molar-refractivity contribution in [2.24, 2.45) is 0 Å². The quantitative estimate of drug-likeness (QED) is 0.370. The lowest BCUT2D eigenvalue weighted by Crippen LogP contribution is -2.29. The lowest BCUT2D eigenvalue weighted by atomic mass is 10.0. The fourth-order valence-corrected chi connectivity index (χ4v) is 4.26. The van der Waals surface area contributed by atoms with Crippen LogP contribution in [0.25, 0.3) is 0 Å². The van der Waals surface area contributed by atoms with E-state index in [0.29, 0.717) is 19.4 Å². The molecule has 1 heterocycles. The zero-order chi connectivity index (χ0) is 20.2. The maximum absolute atomic E-state index is 12.2. The smallest absolute Gasteiger partial charge is 0.340 e. The molecule has 1 fully saturated rings. The van der Waals surface area contributed by atoms with Crippen LogP contribution < -0.4 is 0 Å². The molecule has 0 aliphatic carbocycles. The molecular formula is C21H34NO5P. The predicted molar refractivity (Wildman–Crippen MR) is 110 cm³/mol. The highest BCUT2D eigenvalue weighted by Gasteiger charge is 2.31. The third kappa shape index (κ3) is 9.83. The van der Waals surface area contributed by atoms with Gasteiger partial charge in [0.05, 0.1) is 6.10 Å². The van der Waals surface area contributed by atoms with Gasteiger partial charge >= 0.3 is 7.82 Å². The van der Waals surface area contributed by atoms with Crippen LogP contribution in [0.5, 0.6) is 0 Å². The minimum absolute atomic E-state index is 0.0673. The Kier molecular flexibility index (Phi) is 10.2. The first kappa shape index (κ1) is 23.1. The number of hydrogen-bond donors (Lipinski definition) is 2. The molecule has 0 aromatic heterocycles. The van der Waals surface area contributed by atoms with Gasteiger partial charge in [-0.05, 0) is 31.2 Å². The third-order valence-corrected chi connectivity index (χ3v) is 5.81. The summed E-state index contributed by atoms with van der Waals surface area (Å²) in [4.78, 5) is 31.5. The van der Waals surface area contributed by atoms with Crippen LogP contribution in [0, 0.1) is 0 Å². The highest BCUT2D eigenvalue weighted by molar-refractivity contribution is 7.46. The number of likely N-dealkylation sites (tertiary alicyclic amines) is 1. The molecule has 1 saturated heterocycles. The van der Waals surface area contributed by atoms with Crippen LogP contribution in [-0.2, 0) is 20.3 Å². The molecule has 1 aromatic carbocycles. The van der Waals surface area contributed by atoms with Crippen LogP contribution >= 0.6 is 7.82 Å². The minimum Gasteiger partial charge on any atom is -0.340 e. The van der Waals surface area contributed by atoms with Crippen LogP contribution in [0.2, 0.25) is 0 Å². The van der Waals surface area contributed by atoms with E-state index in [1.807, 2.05) is 0 Å². The van der Waals surface area contributed by atoms with E-state index in [1.54, 1.807) is 4.90 Å². The van der Waals surface area contributed by atoms with Crippen molar-refractivity contribution in [1.82, 2.24) is 4.90 Å². The number of benzene rings is 1. The second-order valence-electron chi connectivity index (χ2n) is 7.66. The third-order valence-electron chi connectivity index (χ3n) is 5.23. The lowest BCUT2D eigenvalue weighted by molar-refractivity contribution is -0.130. The Morgan fingerprint density at radius 3 is 2.25 bits per heavy atom. The molecule has 1 aliphatic rings. The largest absolute Gasteiger partial charge is 0.469 e. The first-order valence-electron chi connectivity index (χ1n) is 10.5. The highest BCUT2D eigenvalue weighted by atomic mass is 31.2. The molecule has 1 aliphatic heterocycles. The molecule has 0 spiro atoms. The van der Waals surface area contributed by atoms with Crippen molar-refractivity contribution in [2.75, 3.05) is 13.1 Å². The zero-order valence-corrected chi connectivity index (χ0v) is 17.6. The number of phosphoric acid groups is 1. The number of amides is 1. The fraction of sp³-hybridized carbons (Fsp3) is 0.667. The average Bonchev–Trinajstić information content (AvgIpc) is 3.10. The molecule has 28 heavy (non-hydrogen) atoms. The van der Waals surface area contributed by atoms with E-state index in [9.17, 15) is 9.36 Å². The second-order valence-corrected chi connectivity index (χ2v) is 8.85. The normalized spacial score (nSPS) is 17.2. The maximum Gasteiger partial charge on any atom is 0.469 e. The lowest BCUT2D eigenvalue weighted by Gasteiger charge is -2.16. The molecule has 7 heteroatoms. The first-order chi connectivity index (χ1) is 13.4. The van der Waals surface area contributed by atoms with Crippen molar-refractivity contribution in [2.45, 2.75) is 76.7 Å². The van der Waals surface area contributed by atoms with Gasteiger partial charge in [0.2, 0.25) is 5.91 Å². The van der Waals surface area contributed by atoms with Gasteiger partial charge in [-0.2, -0.15) is 0 Å². The van der Waals surface area contributed by atoms with Crippen molar-refractivity contribution in [3.8, 4) is 0 Å². The summed E-state index contributed by atoms with van der Waals surface area (Å²) >= 11 is 0. The van der Waals surface area contributed by atoms with Crippen LogP contribution in [0.4, 0.5) is 0 Å². The Morgan fingerprint density at radius 1 is 1.00 bits per heavy atom. The summed E-state index contributed by atoms with van der Waals surface area (Å²) in [6.07, 6.45) is 11.0. The van der Waals surface area contributed by atoms with Crippen LogP contribution in [0.3, 0.4) is 0 Å². The molecule has 1 amide bonds. The molecule has 6 nitrogen and oxygen atoms in total. The molecular weight excluding hydrogens is 377 g/mol. The van der Waals surface area contributed by atoms with E-state index in [0.717, 1.165) is 19.3 Å². The van der Waals surface area contributed by atoms with Crippen LogP contribution in [-0.4, -0.2) is 39.8 Å². The average molecular weight is 411 g/mol. The Bertz CT molecular complexity index is 618. The number of hydrogen-bond acceptors (Lipinski definition) is 3. The Labute approximate surface area is 168 Å². The van der Waals surface area contributed by atoms with Gasteiger partial charge in [0, 0.05) is 19.5 Å². The summed E-state index contributed by atoms with van der Waals surface area (Å²) < 4.78 is 15.5. The van der Waals surface area contributed by atoms with E-state index in [1.165, 1.54) is 44.1 Å². The molecule has 1 unspecified atom stereocenters. The zero-order valence-electron chi connectivity index (χ0n) is 16.7. The van der Waals surface area contributed by atoms with Gasteiger partial charge in [-0.3, -0.25) is 9.32 Å². The Balaban J connectivity index is 1.41. The maximum atomic E-state index is 12.2. The number of aryl methyl sites for hydroxylation is 1. The van der Waals surface area contributed by atoms with Gasteiger partial charge in [-0.25, -0.2) is 4.57 Å². The minimum atomic E-state index is -4.47. The van der Waals surface area contributed by atoms with Crippen molar-refractivity contribution in [3.05, 3.63) is 35.9 Å². The van der Waals surface area contributed by atoms with E-state index < -0.39 is 13.9 Å². The predicted octanol–water partition coefficient (Wildman–Crippen LogP) is 4.45. The summed E-state index contributed by atoms with van der Waals surface area (Å²) in [6.45, 7) is 0.805. The molecule has 1 atom stereocenters. The summed E-state index contributed by atoms with van der Waals surface area (Å²) in [5.74, 6) is 0.0673. The number of carbonyl (C=O) groups excluding carboxylic acids is 1. The van der Waals surface area contributed by atoms with Gasteiger partial charge in [0.25, 0.3) is 0 Å². The van der Waals surface area contributed by atoms with Crippen LogP contribution in [0.15, 0.2) is 30.3 Å². The van der Waals surface area contributed by atoms with Crippen molar-refractivity contribution < 1.29 is 23.7 Å². The van der Waals surface area contributed by atoms with Gasteiger partial charge < -0.3 is 14.7 Å². The van der Waals surface area contributed by atoms with E-state index >= 15 is 0 Å². The fourth-order valence-electron chi connectivity index (χ4n) is 3.70. The number of nitrogens with zero attached hydrogens (tertiary/aromatic N) is 1. The summed E-state index contributed by atoms with van der Waals surface area (Å²) in [7, 11) is -4.47. The standard InChI is InChI=1S/C21H34NO5P/c23-21(22-17-16-20(18-22)27-28(24,25)26)15-11-6-4-2-1-3-5-8-12-19-13-9-7-10-14-19/h7,9-10,13-14,20H,1-6,8,11-12,15-18H2,(H2,24,25,26). The molecule has 2 N–H and O–H groups in total. The number of rotatable bonds is 13. The van der Waals surface area contributed by atoms with E-state index in [4.69, 9.17) is 9.79 Å². The molecule has 0 bridgehead atoms. The number of unbranched alkanes of at least 4 members (excludes halogenated alkanes) is 7. The van der Waals surface area contributed by atoms with Gasteiger partial charge in [-0.1, -0.05) is 68.9 Å². The molecule has 158 valence electrons. The second kappa shape index (κ2) is 12.4. The number of carbonyl (C=O) groups is 1. The Hall–Kier alpha value is -1.20. The summed E-state index contributed by atoms with van der Waals surface area (Å²) in [5.41, 5.74) is 1.42. The van der Waals surface area contributed by atoms with E-state index in [-0.39, 0.29) is 12.5 Å². The summed E-state index contributed by atoms with van der Waals surface area (Å²) in [6, 6.07) is 10.6. The van der Waals surface area contributed by atoms with Gasteiger partial charge in [-0.15, -0.1) is 0 Å². The topological polar surface area (TPSA) is 87.1 Å². The molecule has 0 saturated carbocycles. The summed E-state index contributed by atoms with van der Waals surface area (Å²) in [5, 5.41) is 0. The number of phosphoric ester groups is 1. The molecule has 0 radical (unpaired) electrons. The van der Waals surface area contributed by atoms with Crippen molar-refractivity contribution >= 4 is 13.7 Å². The first-order valence-corrected chi connectivity index (χ1v) is 12.0. The van der Waals surface area contributed by atoms with Crippen molar-refractivity contribution in [1.29, 1.82) is 0 Å². The molecule has 1 aromatic rings.